The summed E-state index contributed by atoms with van der Waals surface area (Å²) in [5.74, 6) is 0. The van der Waals surface area contributed by atoms with E-state index in [9.17, 15) is 0 Å². The van der Waals surface area contributed by atoms with Gasteiger partial charge in [0.1, 0.15) is 0 Å². The average molecular weight is 288 g/mol. The summed E-state index contributed by atoms with van der Waals surface area (Å²) in [5, 5.41) is 0.751. The maximum Gasteiger partial charge on any atom is 0.0701 e. The Labute approximate surface area is 120 Å². The highest BCUT2D eigenvalue weighted by Crippen LogP contribution is 2.16. The van der Waals surface area contributed by atoms with Crippen molar-refractivity contribution in [2.24, 2.45) is 0 Å². The molecule has 0 heterocycles. The third kappa shape index (κ3) is 7.38. The summed E-state index contributed by atoms with van der Waals surface area (Å²) in [4.78, 5) is 2.13. The Bertz CT molecular complexity index is 332. The Morgan fingerprint density at radius 3 is 2.16 bits per heavy atom. The van der Waals surface area contributed by atoms with Crippen LogP contribution in [0.15, 0.2) is 24.3 Å². The first kappa shape index (κ1) is 16.2. The van der Waals surface area contributed by atoms with E-state index in [0.717, 1.165) is 17.3 Å². The Morgan fingerprint density at radius 1 is 0.947 bits per heavy atom. The number of rotatable bonds is 10. The molecule has 0 aliphatic rings. The Hall–Kier alpha value is -0.810. The largest absolute Gasteiger partial charge is 0.382 e. The van der Waals surface area contributed by atoms with Crippen LogP contribution in [0, 0.1) is 0 Å². The molecule has 0 N–H and O–H groups in total. The van der Waals surface area contributed by atoms with E-state index >= 15 is 0 Å². The van der Waals surface area contributed by atoms with E-state index in [1.807, 2.05) is 31.3 Å². The Balaban J connectivity index is 2.04. The molecule has 1 rings (SSSR count). The lowest BCUT2D eigenvalue weighted by Crippen LogP contribution is -2.23. The van der Waals surface area contributed by atoms with Gasteiger partial charge in [0.2, 0.25) is 0 Å². The quantitative estimate of drug-likeness (QED) is 0.619. The number of hydrogen-bond acceptors (Lipinski definition) is 4. The van der Waals surface area contributed by atoms with Gasteiger partial charge >= 0.3 is 0 Å². The van der Waals surface area contributed by atoms with Gasteiger partial charge in [-0.25, -0.2) is 0 Å². The molecule has 0 aromatic heterocycles. The first-order valence-corrected chi connectivity index (χ1v) is 6.73. The van der Waals surface area contributed by atoms with Crippen molar-refractivity contribution in [3.63, 3.8) is 0 Å². The van der Waals surface area contributed by atoms with Gasteiger partial charge in [0, 0.05) is 31.4 Å². The van der Waals surface area contributed by atoms with Crippen LogP contribution in [0.2, 0.25) is 5.02 Å². The van der Waals surface area contributed by atoms with Crippen molar-refractivity contribution in [3.05, 3.63) is 29.3 Å². The summed E-state index contributed by atoms with van der Waals surface area (Å²) in [6, 6.07) is 7.77. The number of nitrogens with zero attached hydrogens (tertiary/aromatic N) is 1. The third-order valence-corrected chi connectivity index (χ3v) is 2.89. The topological polar surface area (TPSA) is 30.9 Å². The maximum absolute atomic E-state index is 5.85. The number of ether oxygens (including phenoxy) is 3. The zero-order chi connectivity index (χ0) is 13.9. The molecule has 4 nitrogen and oxygen atoms in total. The van der Waals surface area contributed by atoms with Gasteiger partial charge in [-0.2, -0.15) is 0 Å². The van der Waals surface area contributed by atoms with E-state index in [1.54, 1.807) is 7.11 Å². The zero-order valence-corrected chi connectivity index (χ0v) is 12.4. The van der Waals surface area contributed by atoms with Crippen LogP contribution >= 0.6 is 11.6 Å². The first-order chi connectivity index (χ1) is 9.24. The normalized spacial score (nSPS) is 10.7. The lowest BCUT2D eigenvalue weighted by atomic mass is 10.3. The van der Waals surface area contributed by atoms with Crippen LogP contribution in [0.25, 0.3) is 0 Å². The summed E-state index contributed by atoms with van der Waals surface area (Å²) >= 11 is 5.85. The van der Waals surface area contributed by atoms with Crippen LogP contribution in [-0.4, -0.2) is 53.7 Å². The molecule has 0 aliphatic carbocycles. The highest BCUT2D eigenvalue weighted by Gasteiger charge is 2.00. The van der Waals surface area contributed by atoms with E-state index in [4.69, 9.17) is 25.8 Å². The van der Waals surface area contributed by atoms with Crippen LogP contribution in [0.3, 0.4) is 0 Å². The van der Waals surface area contributed by atoms with Gasteiger partial charge in [-0.1, -0.05) is 11.6 Å². The fourth-order valence-electron chi connectivity index (χ4n) is 1.49. The van der Waals surface area contributed by atoms with Crippen LogP contribution in [0.5, 0.6) is 0 Å². The van der Waals surface area contributed by atoms with E-state index in [-0.39, 0.29) is 0 Å². The lowest BCUT2D eigenvalue weighted by molar-refractivity contribution is 0.0266. The molecule has 108 valence electrons. The van der Waals surface area contributed by atoms with E-state index in [2.05, 4.69) is 4.90 Å². The molecule has 0 spiro atoms. The second-order valence-corrected chi connectivity index (χ2v) is 4.55. The summed E-state index contributed by atoms with van der Waals surface area (Å²) in [6.07, 6.45) is 0. The zero-order valence-electron chi connectivity index (χ0n) is 11.6. The maximum atomic E-state index is 5.85. The first-order valence-electron chi connectivity index (χ1n) is 6.35. The molecule has 19 heavy (non-hydrogen) atoms. The second-order valence-electron chi connectivity index (χ2n) is 4.12. The van der Waals surface area contributed by atoms with E-state index < -0.39 is 0 Å². The summed E-state index contributed by atoms with van der Waals surface area (Å²) in [5.41, 5.74) is 1.13. The average Bonchev–Trinajstić information content (AvgIpc) is 2.42. The van der Waals surface area contributed by atoms with Crippen molar-refractivity contribution in [1.82, 2.24) is 0 Å². The fourth-order valence-corrected chi connectivity index (χ4v) is 1.62. The minimum absolute atomic E-state index is 0.605. The van der Waals surface area contributed by atoms with E-state index in [0.29, 0.717) is 33.0 Å². The number of hydrogen-bond donors (Lipinski definition) is 0. The van der Waals surface area contributed by atoms with Crippen molar-refractivity contribution >= 4 is 17.3 Å². The molecule has 0 radical (unpaired) electrons. The molecule has 0 amide bonds. The number of halogens is 1. The SMILES string of the molecule is COCCOCCOCCN(C)c1ccc(Cl)cc1. The summed E-state index contributed by atoms with van der Waals surface area (Å²) in [7, 11) is 3.69. The Kier molecular flexibility index (Phi) is 8.58. The second kappa shape index (κ2) is 10.0. The van der Waals surface area contributed by atoms with Crippen LogP contribution in [-0.2, 0) is 14.2 Å². The molecule has 0 unspecified atom stereocenters. The van der Waals surface area contributed by atoms with Crippen molar-refractivity contribution < 1.29 is 14.2 Å². The van der Waals surface area contributed by atoms with E-state index in [1.165, 1.54) is 0 Å². The highest BCUT2D eigenvalue weighted by atomic mass is 35.5. The summed E-state index contributed by atoms with van der Waals surface area (Å²) in [6.45, 7) is 3.96. The predicted molar refractivity (Wildman–Crippen MR) is 78.2 cm³/mol. The number of benzene rings is 1. The van der Waals surface area contributed by atoms with Gasteiger partial charge in [-0.05, 0) is 24.3 Å². The number of likely N-dealkylation sites (N-methyl/N-ethyl adjacent to an activating group) is 1. The minimum atomic E-state index is 0.605. The van der Waals surface area contributed by atoms with Crippen LogP contribution < -0.4 is 4.90 Å². The van der Waals surface area contributed by atoms with Crippen molar-refractivity contribution in [2.45, 2.75) is 0 Å². The van der Waals surface area contributed by atoms with Gasteiger partial charge < -0.3 is 19.1 Å². The molecule has 0 saturated heterocycles. The molecule has 0 aliphatic heterocycles. The lowest BCUT2D eigenvalue weighted by Gasteiger charge is -2.19. The monoisotopic (exact) mass is 287 g/mol. The molecular weight excluding hydrogens is 266 g/mol. The smallest absolute Gasteiger partial charge is 0.0701 e. The Morgan fingerprint density at radius 2 is 1.53 bits per heavy atom. The molecule has 0 fully saturated rings. The van der Waals surface area contributed by atoms with Crippen LogP contribution in [0.1, 0.15) is 0 Å². The highest BCUT2D eigenvalue weighted by molar-refractivity contribution is 6.30. The minimum Gasteiger partial charge on any atom is -0.382 e. The molecule has 5 heteroatoms. The van der Waals surface area contributed by atoms with Gasteiger partial charge in [0.05, 0.1) is 33.0 Å². The van der Waals surface area contributed by atoms with Crippen molar-refractivity contribution in [3.8, 4) is 0 Å². The van der Waals surface area contributed by atoms with Gasteiger partial charge in [-0.3, -0.25) is 0 Å². The molecule has 0 saturated carbocycles. The molecule has 1 aromatic carbocycles. The molecule has 0 bridgehead atoms. The number of anilines is 1. The van der Waals surface area contributed by atoms with Gasteiger partial charge in [-0.15, -0.1) is 0 Å². The van der Waals surface area contributed by atoms with Gasteiger partial charge in [0.25, 0.3) is 0 Å². The molecule has 0 atom stereocenters. The standard InChI is InChI=1S/C14H22ClNO3/c1-16(14-5-3-13(15)4-6-14)7-8-18-11-12-19-10-9-17-2/h3-6H,7-12H2,1-2H3. The molecular formula is C14H22ClNO3. The summed E-state index contributed by atoms with van der Waals surface area (Å²) < 4.78 is 15.7. The number of methoxy groups -OCH3 is 1. The van der Waals surface area contributed by atoms with Crippen molar-refractivity contribution in [1.29, 1.82) is 0 Å². The van der Waals surface area contributed by atoms with Crippen molar-refractivity contribution in [2.75, 3.05) is 58.6 Å². The van der Waals surface area contributed by atoms with Gasteiger partial charge in [0.15, 0.2) is 0 Å². The molecule has 1 aromatic rings. The van der Waals surface area contributed by atoms with Crippen LogP contribution in [0.4, 0.5) is 5.69 Å². The fraction of sp³-hybridized carbons (Fsp3) is 0.571. The third-order valence-electron chi connectivity index (χ3n) is 2.64. The predicted octanol–water partition coefficient (Wildman–Crippen LogP) is 2.46.